The van der Waals surface area contributed by atoms with Gasteiger partial charge in [-0.1, -0.05) is 60.2 Å². The van der Waals surface area contributed by atoms with Crippen molar-refractivity contribution in [3.63, 3.8) is 0 Å². The van der Waals surface area contributed by atoms with E-state index in [9.17, 15) is 9.00 Å². The summed E-state index contributed by atoms with van der Waals surface area (Å²) in [6.07, 6.45) is 0. The van der Waals surface area contributed by atoms with Crippen LogP contribution in [0.2, 0.25) is 0 Å². The molecule has 0 spiro atoms. The molecule has 4 heteroatoms. The second-order valence-corrected chi connectivity index (χ2v) is 7.12. The van der Waals surface area contributed by atoms with E-state index in [1.54, 1.807) is 6.92 Å². The number of benzene rings is 2. The molecule has 0 fully saturated rings. The smallest absolute Gasteiger partial charge is 0.235 e. The van der Waals surface area contributed by atoms with E-state index < -0.39 is 16.0 Å². The molecule has 2 aromatic carbocycles. The second-order valence-electron chi connectivity index (χ2n) is 5.36. The first-order chi connectivity index (χ1) is 10.6. The van der Waals surface area contributed by atoms with Crippen molar-refractivity contribution in [1.82, 2.24) is 5.32 Å². The van der Waals surface area contributed by atoms with Crippen molar-refractivity contribution in [1.29, 1.82) is 0 Å². The van der Waals surface area contributed by atoms with Crippen LogP contribution in [0.3, 0.4) is 0 Å². The minimum absolute atomic E-state index is 0.171. The zero-order valence-electron chi connectivity index (χ0n) is 12.9. The van der Waals surface area contributed by atoms with Crippen LogP contribution in [0.1, 0.15) is 23.6 Å². The molecule has 3 nitrogen and oxygen atoms in total. The van der Waals surface area contributed by atoms with Gasteiger partial charge in [-0.15, -0.1) is 0 Å². The molecule has 0 saturated carbocycles. The van der Waals surface area contributed by atoms with Crippen LogP contribution in [-0.4, -0.2) is 15.4 Å². The molecule has 1 N–H and O–H groups in total. The number of rotatable bonds is 6. The number of nitrogens with one attached hydrogen (secondary N) is 1. The van der Waals surface area contributed by atoms with Gasteiger partial charge in [0.05, 0.1) is 0 Å². The number of carbonyl (C=O) groups excluding carboxylic acids is 1. The van der Waals surface area contributed by atoms with Crippen LogP contribution in [0.15, 0.2) is 54.6 Å². The van der Waals surface area contributed by atoms with E-state index in [1.807, 2.05) is 61.5 Å². The van der Waals surface area contributed by atoms with Crippen LogP contribution in [-0.2, 0) is 27.9 Å². The van der Waals surface area contributed by atoms with E-state index in [0.29, 0.717) is 12.3 Å². The highest BCUT2D eigenvalue weighted by Gasteiger charge is 2.19. The fourth-order valence-corrected chi connectivity index (χ4v) is 3.22. The SMILES string of the molecule is Cc1cccc(C[S@](=O)[C@@H](C)C(=O)NCc2ccccc2)c1. The van der Waals surface area contributed by atoms with Crippen molar-refractivity contribution < 1.29 is 9.00 Å². The van der Waals surface area contributed by atoms with Crippen LogP contribution in [0.25, 0.3) is 0 Å². The zero-order chi connectivity index (χ0) is 15.9. The minimum Gasteiger partial charge on any atom is -0.351 e. The molecule has 2 aromatic rings. The van der Waals surface area contributed by atoms with Gasteiger partial charge < -0.3 is 5.32 Å². The predicted octanol–water partition coefficient (Wildman–Crippen LogP) is 2.95. The molecule has 1 amide bonds. The maximum absolute atomic E-state index is 12.3. The molecule has 0 aliphatic rings. The topological polar surface area (TPSA) is 46.2 Å². The Balaban J connectivity index is 1.88. The Morgan fingerprint density at radius 3 is 2.45 bits per heavy atom. The summed E-state index contributed by atoms with van der Waals surface area (Å²) in [5, 5.41) is 2.32. The molecule has 116 valence electrons. The van der Waals surface area contributed by atoms with Crippen LogP contribution in [0, 0.1) is 6.92 Å². The van der Waals surface area contributed by atoms with Crippen molar-refractivity contribution in [3.05, 3.63) is 71.3 Å². The molecule has 0 aliphatic heterocycles. The predicted molar refractivity (Wildman–Crippen MR) is 90.8 cm³/mol. The third-order valence-corrected chi connectivity index (χ3v) is 5.09. The van der Waals surface area contributed by atoms with Gasteiger partial charge in [0.15, 0.2) is 0 Å². The summed E-state index contributed by atoms with van der Waals surface area (Å²) in [6.45, 7) is 4.18. The van der Waals surface area contributed by atoms with Gasteiger partial charge in [-0.25, -0.2) is 0 Å². The molecule has 2 rings (SSSR count). The van der Waals surface area contributed by atoms with Crippen LogP contribution in [0.4, 0.5) is 0 Å². The highest BCUT2D eigenvalue weighted by atomic mass is 32.2. The van der Waals surface area contributed by atoms with Crippen LogP contribution >= 0.6 is 0 Å². The Morgan fingerprint density at radius 2 is 1.77 bits per heavy atom. The highest BCUT2D eigenvalue weighted by molar-refractivity contribution is 7.85. The highest BCUT2D eigenvalue weighted by Crippen LogP contribution is 2.10. The first-order valence-electron chi connectivity index (χ1n) is 7.30. The molecule has 0 aliphatic carbocycles. The molecule has 0 saturated heterocycles. The molecular formula is C18H21NO2S. The van der Waals surface area contributed by atoms with Crippen molar-refractivity contribution in [2.45, 2.75) is 31.4 Å². The Labute approximate surface area is 134 Å². The first-order valence-corrected chi connectivity index (χ1v) is 8.69. The minimum atomic E-state index is -1.22. The van der Waals surface area contributed by atoms with E-state index in [-0.39, 0.29) is 5.91 Å². The van der Waals surface area contributed by atoms with E-state index >= 15 is 0 Å². The molecule has 0 radical (unpaired) electrons. The van der Waals surface area contributed by atoms with E-state index in [1.165, 1.54) is 0 Å². The molecule has 22 heavy (non-hydrogen) atoms. The van der Waals surface area contributed by atoms with Gasteiger partial charge in [-0.2, -0.15) is 0 Å². The summed E-state index contributed by atoms with van der Waals surface area (Å²) in [4.78, 5) is 12.1. The zero-order valence-corrected chi connectivity index (χ0v) is 13.7. The third kappa shape index (κ3) is 4.81. The summed E-state index contributed by atoms with van der Waals surface area (Å²) in [5.74, 6) is 0.233. The second kappa shape index (κ2) is 7.90. The van der Waals surface area contributed by atoms with Crippen molar-refractivity contribution >= 4 is 16.7 Å². The monoisotopic (exact) mass is 315 g/mol. The maximum atomic E-state index is 12.3. The van der Waals surface area contributed by atoms with Gasteiger partial charge in [-0.05, 0) is 25.0 Å². The quantitative estimate of drug-likeness (QED) is 0.891. The van der Waals surface area contributed by atoms with Gasteiger partial charge in [0.25, 0.3) is 0 Å². The summed E-state index contributed by atoms with van der Waals surface area (Å²) >= 11 is 0. The van der Waals surface area contributed by atoms with Crippen LogP contribution < -0.4 is 5.32 Å². The van der Waals surface area contributed by atoms with E-state index in [4.69, 9.17) is 0 Å². The largest absolute Gasteiger partial charge is 0.351 e. The van der Waals surface area contributed by atoms with E-state index in [2.05, 4.69) is 5.32 Å². The fraction of sp³-hybridized carbons (Fsp3) is 0.278. The molecule has 0 heterocycles. The Morgan fingerprint density at radius 1 is 1.09 bits per heavy atom. The first kappa shape index (κ1) is 16.4. The Kier molecular flexibility index (Phi) is 5.90. The van der Waals surface area contributed by atoms with Gasteiger partial charge in [-0.3, -0.25) is 9.00 Å². The van der Waals surface area contributed by atoms with Gasteiger partial charge >= 0.3 is 0 Å². The van der Waals surface area contributed by atoms with Gasteiger partial charge in [0.1, 0.15) is 5.25 Å². The number of carbonyl (C=O) groups is 1. The average Bonchev–Trinajstić information content (AvgIpc) is 2.53. The summed E-state index contributed by atoms with van der Waals surface area (Å²) < 4.78 is 12.3. The van der Waals surface area contributed by atoms with Crippen molar-refractivity contribution in [3.8, 4) is 0 Å². The van der Waals surface area contributed by atoms with Crippen LogP contribution in [0.5, 0.6) is 0 Å². The maximum Gasteiger partial charge on any atom is 0.235 e. The lowest BCUT2D eigenvalue weighted by Gasteiger charge is -2.12. The average molecular weight is 315 g/mol. The fourth-order valence-electron chi connectivity index (χ4n) is 2.14. The lowest BCUT2D eigenvalue weighted by molar-refractivity contribution is -0.120. The summed E-state index contributed by atoms with van der Waals surface area (Å²) in [5.41, 5.74) is 3.17. The lowest BCUT2D eigenvalue weighted by atomic mass is 10.2. The molecule has 0 aromatic heterocycles. The number of aryl methyl sites for hydroxylation is 1. The van der Waals surface area contributed by atoms with Gasteiger partial charge in [0, 0.05) is 23.1 Å². The lowest BCUT2D eigenvalue weighted by Crippen LogP contribution is -2.35. The van der Waals surface area contributed by atoms with E-state index in [0.717, 1.165) is 16.7 Å². The normalized spacial score (nSPS) is 13.4. The molecule has 0 unspecified atom stereocenters. The molecule has 2 atom stereocenters. The third-order valence-electron chi connectivity index (χ3n) is 3.46. The van der Waals surface area contributed by atoms with Crippen molar-refractivity contribution in [2.24, 2.45) is 0 Å². The summed E-state index contributed by atoms with van der Waals surface area (Å²) in [6, 6.07) is 17.6. The Bertz CT molecular complexity index is 655. The molecule has 0 bridgehead atoms. The number of amides is 1. The number of hydrogen-bond donors (Lipinski definition) is 1. The summed E-state index contributed by atoms with van der Waals surface area (Å²) in [7, 11) is -1.22. The number of hydrogen-bond acceptors (Lipinski definition) is 2. The Hall–Kier alpha value is -1.94. The molecular weight excluding hydrogens is 294 g/mol. The van der Waals surface area contributed by atoms with Crippen molar-refractivity contribution in [2.75, 3.05) is 0 Å². The van der Waals surface area contributed by atoms with Gasteiger partial charge in [0.2, 0.25) is 5.91 Å². The standard InChI is InChI=1S/C18H21NO2S/c1-14-7-6-10-17(11-14)13-22(21)15(2)18(20)19-12-16-8-4-3-5-9-16/h3-11,15H,12-13H2,1-2H3,(H,19,20)/t15-,22-/m0/s1.